The van der Waals surface area contributed by atoms with Crippen molar-refractivity contribution in [2.24, 2.45) is 0 Å². The molecular weight excluding hydrogens is 366 g/mol. The van der Waals surface area contributed by atoms with Crippen LogP contribution in [-0.4, -0.2) is 54.4 Å². The van der Waals surface area contributed by atoms with Gasteiger partial charge in [-0.15, -0.1) is 11.3 Å². The van der Waals surface area contributed by atoms with Crippen LogP contribution in [0.15, 0.2) is 29.6 Å². The van der Waals surface area contributed by atoms with Gasteiger partial charge in [0.05, 0.1) is 12.1 Å². The van der Waals surface area contributed by atoms with Crippen LogP contribution in [0.5, 0.6) is 0 Å². The van der Waals surface area contributed by atoms with Crippen molar-refractivity contribution in [3.05, 3.63) is 40.9 Å². The lowest BCUT2D eigenvalue weighted by Gasteiger charge is -2.18. The predicted molar refractivity (Wildman–Crippen MR) is 104 cm³/mol. The second-order valence-electron chi connectivity index (χ2n) is 6.23. The third kappa shape index (κ3) is 4.62. The Bertz CT molecular complexity index is 849. The quantitative estimate of drug-likeness (QED) is 0.787. The van der Waals surface area contributed by atoms with Crippen molar-refractivity contribution in [3.8, 4) is 0 Å². The van der Waals surface area contributed by atoms with Crippen LogP contribution in [0.25, 0.3) is 0 Å². The molecule has 0 unspecified atom stereocenters. The molecule has 0 atom stereocenters. The average molecular weight is 387 g/mol. The van der Waals surface area contributed by atoms with Gasteiger partial charge in [-0.2, -0.15) is 0 Å². The summed E-state index contributed by atoms with van der Waals surface area (Å²) < 4.78 is 0. The molecule has 27 heavy (non-hydrogen) atoms. The van der Waals surface area contributed by atoms with Crippen LogP contribution in [0.2, 0.25) is 0 Å². The number of nitrogens with one attached hydrogen (secondary N) is 2. The monoisotopic (exact) mass is 387 g/mol. The Kier molecular flexibility index (Phi) is 5.70. The first-order valence-electron chi connectivity index (χ1n) is 8.54. The Morgan fingerprint density at radius 1 is 1.19 bits per heavy atom. The number of aromatic nitrogens is 1. The van der Waals surface area contributed by atoms with Crippen molar-refractivity contribution in [1.29, 1.82) is 0 Å². The topological polar surface area (TPSA) is 94.6 Å². The fourth-order valence-electron chi connectivity index (χ4n) is 2.72. The SMILES string of the molecule is CNC(=O)Cc1csc(NC(=O)CN2CCN(c3ccc(C)cc3)C2=O)n1. The number of anilines is 2. The van der Waals surface area contributed by atoms with Gasteiger partial charge in [-0.1, -0.05) is 17.7 Å². The van der Waals surface area contributed by atoms with Crippen LogP contribution in [0.4, 0.5) is 15.6 Å². The van der Waals surface area contributed by atoms with E-state index < -0.39 is 0 Å². The Balaban J connectivity index is 1.54. The predicted octanol–water partition coefficient (Wildman–Crippen LogP) is 1.62. The van der Waals surface area contributed by atoms with E-state index >= 15 is 0 Å². The molecule has 4 amide bonds. The molecule has 142 valence electrons. The van der Waals surface area contributed by atoms with E-state index in [9.17, 15) is 14.4 Å². The van der Waals surface area contributed by atoms with Crippen LogP contribution in [-0.2, 0) is 16.0 Å². The van der Waals surface area contributed by atoms with Crippen molar-refractivity contribution < 1.29 is 14.4 Å². The summed E-state index contributed by atoms with van der Waals surface area (Å²) in [4.78, 5) is 43.6. The Hall–Kier alpha value is -2.94. The van der Waals surface area contributed by atoms with Gasteiger partial charge >= 0.3 is 6.03 Å². The van der Waals surface area contributed by atoms with Crippen molar-refractivity contribution >= 4 is 40.0 Å². The van der Waals surface area contributed by atoms with E-state index in [2.05, 4.69) is 15.6 Å². The van der Waals surface area contributed by atoms with Gasteiger partial charge in [0, 0.05) is 31.2 Å². The molecule has 2 N–H and O–H groups in total. The second kappa shape index (κ2) is 8.17. The maximum atomic E-state index is 12.6. The van der Waals surface area contributed by atoms with Crippen LogP contribution >= 0.6 is 11.3 Å². The summed E-state index contributed by atoms with van der Waals surface area (Å²) in [5, 5.41) is 7.36. The number of aryl methyl sites for hydroxylation is 1. The molecule has 0 bridgehead atoms. The van der Waals surface area contributed by atoms with E-state index in [0.717, 1.165) is 11.3 Å². The molecule has 3 rings (SSSR count). The van der Waals surface area contributed by atoms with Crippen LogP contribution in [0, 0.1) is 6.92 Å². The highest BCUT2D eigenvalue weighted by molar-refractivity contribution is 7.13. The number of benzene rings is 1. The number of carbonyl (C=O) groups is 3. The summed E-state index contributed by atoms with van der Waals surface area (Å²) in [5.74, 6) is -0.452. The number of thiazole rings is 1. The Morgan fingerprint density at radius 3 is 2.63 bits per heavy atom. The van der Waals surface area contributed by atoms with Crippen molar-refractivity contribution in [2.45, 2.75) is 13.3 Å². The van der Waals surface area contributed by atoms with Gasteiger partial charge in [-0.3, -0.25) is 14.5 Å². The summed E-state index contributed by atoms with van der Waals surface area (Å²) in [6.45, 7) is 2.99. The minimum atomic E-state index is -0.310. The first-order chi connectivity index (χ1) is 13.0. The van der Waals surface area contributed by atoms with Crippen molar-refractivity contribution in [3.63, 3.8) is 0 Å². The van der Waals surface area contributed by atoms with Gasteiger partial charge in [0.15, 0.2) is 5.13 Å². The largest absolute Gasteiger partial charge is 0.359 e. The number of likely N-dealkylation sites (N-methyl/N-ethyl adjacent to an activating group) is 1. The molecule has 0 radical (unpaired) electrons. The number of rotatable bonds is 6. The number of amides is 4. The molecule has 8 nitrogen and oxygen atoms in total. The van der Waals surface area contributed by atoms with Crippen LogP contribution < -0.4 is 15.5 Å². The molecule has 1 aliphatic heterocycles. The number of carbonyl (C=O) groups excluding carboxylic acids is 3. The fourth-order valence-corrected chi connectivity index (χ4v) is 3.45. The smallest absolute Gasteiger partial charge is 0.325 e. The van der Waals surface area contributed by atoms with Gasteiger partial charge in [0.1, 0.15) is 6.54 Å². The Labute approximate surface area is 161 Å². The molecule has 2 aromatic rings. The Morgan fingerprint density at radius 2 is 1.93 bits per heavy atom. The summed E-state index contributed by atoms with van der Waals surface area (Å²) >= 11 is 1.25. The highest BCUT2D eigenvalue weighted by atomic mass is 32.1. The summed E-state index contributed by atoms with van der Waals surface area (Å²) in [6.07, 6.45) is 0.166. The maximum absolute atomic E-state index is 12.6. The van der Waals surface area contributed by atoms with E-state index in [1.807, 2.05) is 31.2 Å². The van der Waals surface area contributed by atoms with Crippen molar-refractivity contribution in [2.75, 3.05) is 36.9 Å². The van der Waals surface area contributed by atoms with Gasteiger partial charge in [-0.25, -0.2) is 9.78 Å². The van der Waals surface area contributed by atoms with Gasteiger partial charge in [-0.05, 0) is 19.1 Å². The summed E-state index contributed by atoms with van der Waals surface area (Å²) in [6, 6.07) is 7.53. The van der Waals surface area contributed by atoms with E-state index in [4.69, 9.17) is 0 Å². The molecule has 1 saturated heterocycles. The highest BCUT2D eigenvalue weighted by Crippen LogP contribution is 2.21. The van der Waals surface area contributed by atoms with E-state index in [-0.39, 0.29) is 30.8 Å². The van der Waals surface area contributed by atoms with E-state index in [0.29, 0.717) is 23.9 Å². The minimum absolute atomic E-state index is 0.0362. The molecule has 1 aromatic heterocycles. The average Bonchev–Trinajstić information content (AvgIpc) is 3.22. The van der Waals surface area contributed by atoms with Crippen molar-refractivity contribution in [1.82, 2.24) is 15.2 Å². The zero-order chi connectivity index (χ0) is 19.4. The maximum Gasteiger partial charge on any atom is 0.325 e. The molecule has 2 heterocycles. The third-order valence-electron chi connectivity index (χ3n) is 4.19. The molecule has 1 fully saturated rings. The molecule has 0 spiro atoms. The number of nitrogens with zero attached hydrogens (tertiary/aromatic N) is 3. The van der Waals surface area contributed by atoms with Crippen LogP contribution in [0.1, 0.15) is 11.3 Å². The standard InChI is InChI=1S/C18H21N5O3S/c1-12-3-5-14(6-4-12)23-8-7-22(18(23)26)10-16(25)21-17-20-13(11-27-17)9-15(24)19-2/h3-6,11H,7-10H2,1-2H3,(H,19,24)(H,20,21,25). The molecule has 0 saturated carbocycles. The first kappa shape index (κ1) is 18.8. The van der Waals surface area contributed by atoms with E-state index in [1.54, 1.807) is 17.3 Å². The number of hydrogen-bond acceptors (Lipinski definition) is 5. The lowest BCUT2D eigenvalue weighted by atomic mass is 10.2. The molecule has 1 aliphatic rings. The summed E-state index contributed by atoms with van der Waals surface area (Å²) in [7, 11) is 1.56. The van der Waals surface area contributed by atoms with Crippen LogP contribution in [0.3, 0.4) is 0 Å². The number of hydrogen-bond donors (Lipinski definition) is 2. The highest BCUT2D eigenvalue weighted by Gasteiger charge is 2.30. The zero-order valence-electron chi connectivity index (χ0n) is 15.2. The lowest BCUT2D eigenvalue weighted by Crippen LogP contribution is -2.37. The second-order valence-corrected chi connectivity index (χ2v) is 7.09. The molecule has 9 heteroatoms. The normalized spacial score (nSPS) is 13.8. The summed E-state index contributed by atoms with van der Waals surface area (Å²) in [5.41, 5.74) is 2.55. The van der Waals surface area contributed by atoms with Gasteiger partial charge in [0.2, 0.25) is 11.8 Å². The molecular formula is C18H21N5O3S. The first-order valence-corrected chi connectivity index (χ1v) is 9.42. The van der Waals surface area contributed by atoms with Gasteiger partial charge in [0.25, 0.3) is 0 Å². The fraction of sp³-hybridized carbons (Fsp3) is 0.333. The van der Waals surface area contributed by atoms with E-state index in [1.165, 1.54) is 16.2 Å². The minimum Gasteiger partial charge on any atom is -0.359 e. The molecule has 0 aliphatic carbocycles. The zero-order valence-corrected chi connectivity index (χ0v) is 16.0. The third-order valence-corrected chi connectivity index (χ3v) is 5.00. The lowest BCUT2D eigenvalue weighted by molar-refractivity contribution is -0.120. The molecule has 1 aromatic carbocycles. The van der Waals surface area contributed by atoms with Gasteiger partial charge < -0.3 is 15.5 Å². The number of urea groups is 1.